The van der Waals surface area contributed by atoms with Crippen molar-refractivity contribution in [2.45, 2.75) is 112 Å². The Hall–Kier alpha value is -3.40. The van der Waals surface area contributed by atoms with Crippen molar-refractivity contribution in [1.82, 2.24) is 9.80 Å². The van der Waals surface area contributed by atoms with E-state index < -0.39 is 77.6 Å². The van der Waals surface area contributed by atoms with Gasteiger partial charge in [0.2, 0.25) is 11.8 Å². The van der Waals surface area contributed by atoms with Crippen LogP contribution in [0.2, 0.25) is 0 Å². The standard InChI is InChI=1S/C15H24N2O5.C14H24ClNO5/c1-14(2,3)21-12(19)9-17(11(18)7-8-16)10-13(20)22-15(4,5)6;1-13(2,3)20-11(18)8-16(10(17)7-15)9-12(19)21-14(4,5)6/h7,9-10H2,1-6H3;7-9H2,1-6H3. The third-order valence-electron chi connectivity index (χ3n) is 4.01. The summed E-state index contributed by atoms with van der Waals surface area (Å²) in [6.45, 7) is 19.0. The molecular weight excluding hydrogens is 586 g/mol. The van der Waals surface area contributed by atoms with Crippen LogP contribution in [0.3, 0.4) is 0 Å². The molecule has 0 fully saturated rings. The molecule has 0 radical (unpaired) electrons. The number of halogens is 1. The lowest BCUT2D eigenvalue weighted by Crippen LogP contribution is -2.43. The van der Waals surface area contributed by atoms with Crippen molar-refractivity contribution in [2.24, 2.45) is 0 Å². The highest BCUT2D eigenvalue weighted by molar-refractivity contribution is 6.27. The van der Waals surface area contributed by atoms with Crippen LogP contribution in [-0.4, -0.2) is 100.0 Å². The summed E-state index contributed by atoms with van der Waals surface area (Å²) in [4.78, 5) is 72.6. The maximum absolute atomic E-state index is 11.8. The summed E-state index contributed by atoms with van der Waals surface area (Å²) in [6.07, 6.45) is -0.425. The van der Waals surface area contributed by atoms with Crippen molar-refractivity contribution < 1.29 is 47.7 Å². The molecule has 0 spiro atoms. The number of nitrogens with zero attached hydrogens (tertiary/aromatic N) is 3. The highest BCUT2D eigenvalue weighted by Gasteiger charge is 2.27. The monoisotopic (exact) mass is 633 g/mol. The lowest BCUT2D eigenvalue weighted by Gasteiger charge is -2.26. The topological polar surface area (TPSA) is 170 Å². The van der Waals surface area contributed by atoms with Crippen molar-refractivity contribution in [3.8, 4) is 6.07 Å². The second-order valence-corrected chi connectivity index (χ2v) is 13.6. The van der Waals surface area contributed by atoms with E-state index in [4.69, 9.17) is 35.8 Å². The van der Waals surface area contributed by atoms with Crippen molar-refractivity contribution in [1.29, 1.82) is 5.26 Å². The molecule has 0 aromatic rings. The number of ether oxygens (including phenoxy) is 4. The molecule has 0 aliphatic heterocycles. The summed E-state index contributed by atoms with van der Waals surface area (Å²) in [5.74, 6) is -4.00. The van der Waals surface area contributed by atoms with Gasteiger partial charge in [-0.1, -0.05) is 0 Å². The molecule has 0 saturated heterocycles. The Labute approximate surface area is 260 Å². The number of hydrogen-bond acceptors (Lipinski definition) is 11. The number of amides is 2. The van der Waals surface area contributed by atoms with Crippen LogP contribution >= 0.6 is 11.6 Å². The molecule has 13 nitrogen and oxygen atoms in total. The lowest BCUT2D eigenvalue weighted by atomic mass is 10.2. The number of nitriles is 1. The fourth-order valence-electron chi connectivity index (χ4n) is 2.85. The Morgan fingerprint density at radius 3 is 0.953 bits per heavy atom. The van der Waals surface area contributed by atoms with Crippen LogP contribution in [0.4, 0.5) is 0 Å². The summed E-state index contributed by atoms with van der Waals surface area (Å²) in [7, 11) is 0. The van der Waals surface area contributed by atoms with E-state index >= 15 is 0 Å². The van der Waals surface area contributed by atoms with Crippen LogP contribution < -0.4 is 0 Å². The number of hydrogen-bond donors (Lipinski definition) is 0. The first-order valence-electron chi connectivity index (χ1n) is 13.5. The Morgan fingerprint density at radius 2 is 0.767 bits per heavy atom. The Kier molecular flexibility index (Phi) is 17.1. The van der Waals surface area contributed by atoms with E-state index in [0.29, 0.717) is 0 Å². The minimum atomic E-state index is -0.701. The fraction of sp³-hybridized carbons (Fsp3) is 0.759. The molecule has 0 unspecified atom stereocenters. The van der Waals surface area contributed by atoms with Crippen molar-refractivity contribution >= 4 is 47.3 Å². The molecule has 14 heteroatoms. The minimum Gasteiger partial charge on any atom is -0.459 e. The molecule has 0 aromatic heterocycles. The molecule has 246 valence electrons. The molecule has 0 aromatic carbocycles. The van der Waals surface area contributed by atoms with Crippen LogP contribution in [0.1, 0.15) is 89.5 Å². The number of carbonyl (C=O) groups is 6. The predicted molar refractivity (Wildman–Crippen MR) is 157 cm³/mol. The van der Waals surface area contributed by atoms with E-state index in [0.717, 1.165) is 9.80 Å². The molecule has 0 bridgehead atoms. The summed E-state index contributed by atoms with van der Waals surface area (Å²) >= 11 is 5.48. The zero-order valence-corrected chi connectivity index (χ0v) is 28.3. The molecule has 0 saturated carbocycles. The summed E-state index contributed by atoms with van der Waals surface area (Å²) in [5.41, 5.74) is -2.74. The predicted octanol–water partition coefficient (Wildman–Crippen LogP) is 3.15. The quantitative estimate of drug-likeness (QED) is 0.197. The second-order valence-electron chi connectivity index (χ2n) is 13.3. The van der Waals surface area contributed by atoms with Gasteiger partial charge in [-0.05, 0) is 83.1 Å². The number of alkyl halides is 1. The third kappa shape index (κ3) is 24.9. The summed E-state index contributed by atoms with van der Waals surface area (Å²) in [6, 6.07) is 1.70. The largest absolute Gasteiger partial charge is 0.459 e. The van der Waals surface area contributed by atoms with E-state index in [9.17, 15) is 28.8 Å². The SMILES string of the molecule is CC(C)(C)OC(=O)CN(CC(=O)OC(C)(C)C)C(=O)CC#N.CC(C)(C)OC(=O)CN(CC(=O)OC(C)(C)C)C(=O)CCl. The first-order valence-corrected chi connectivity index (χ1v) is 14.1. The van der Waals surface area contributed by atoms with Gasteiger partial charge < -0.3 is 28.7 Å². The van der Waals surface area contributed by atoms with Gasteiger partial charge >= 0.3 is 23.9 Å². The molecule has 0 heterocycles. The van der Waals surface area contributed by atoms with E-state index in [-0.39, 0.29) is 19.0 Å². The smallest absolute Gasteiger partial charge is 0.326 e. The summed E-state index contributed by atoms with van der Waals surface area (Å²) in [5, 5.41) is 8.60. The van der Waals surface area contributed by atoms with Gasteiger partial charge in [0, 0.05) is 0 Å². The zero-order chi connectivity index (χ0) is 34.4. The Morgan fingerprint density at radius 1 is 0.535 bits per heavy atom. The van der Waals surface area contributed by atoms with E-state index in [1.807, 2.05) is 0 Å². The molecule has 0 atom stereocenters. The Bertz CT molecular complexity index is 966. The molecule has 2 amide bonds. The van der Waals surface area contributed by atoms with Gasteiger partial charge in [-0.3, -0.25) is 28.8 Å². The Balaban J connectivity index is 0. The van der Waals surface area contributed by atoms with Crippen molar-refractivity contribution in [3.05, 3.63) is 0 Å². The molecule has 0 N–H and O–H groups in total. The molecule has 0 rings (SSSR count). The highest BCUT2D eigenvalue weighted by Crippen LogP contribution is 2.12. The van der Waals surface area contributed by atoms with Gasteiger partial charge in [0.15, 0.2) is 0 Å². The minimum absolute atomic E-state index is 0.328. The van der Waals surface area contributed by atoms with Gasteiger partial charge in [0.1, 0.15) is 60.9 Å². The van der Waals surface area contributed by atoms with Gasteiger partial charge in [0.25, 0.3) is 0 Å². The second kappa shape index (κ2) is 17.7. The van der Waals surface area contributed by atoms with E-state index in [1.165, 1.54) is 0 Å². The van der Waals surface area contributed by atoms with Crippen LogP contribution in [0.15, 0.2) is 0 Å². The van der Waals surface area contributed by atoms with Crippen LogP contribution in [-0.2, 0) is 47.7 Å². The summed E-state index contributed by atoms with van der Waals surface area (Å²) < 4.78 is 20.5. The molecule has 43 heavy (non-hydrogen) atoms. The van der Waals surface area contributed by atoms with Crippen molar-refractivity contribution in [3.63, 3.8) is 0 Å². The highest BCUT2D eigenvalue weighted by atomic mass is 35.5. The van der Waals surface area contributed by atoms with Gasteiger partial charge in [-0.2, -0.15) is 5.26 Å². The number of rotatable bonds is 10. The fourth-order valence-corrected chi connectivity index (χ4v) is 3.02. The number of esters is 4. The first kappa shape index (κ1) is 41.7. The maximum Gasteiger partial charge on any atom is 0.326 e. The van der Waals surface area contributed by atoms with Gasteiger partial charge in [-0.15, -0.1) is 11.6 Å². The van der Waals surface area contributed by atoms with Crippen LogP contribution in [0, 0.1) is 11.3 Å². The normalized spacial score (nSPS) is 11.5. The van der Waals surface area contributed by atoms with Crippen LogP contribution in [0.25, 0.3) is 0 Å². The average molecular weight is 634 g/mol. The maximum atomic E-state index is 11.8. The van der Waals surface area contributed by atoms with Crippen LogP contribution in [0.5, 0.6) is 0 Å². The van der Waals surface area contributed by atoms with Gasteiger partial charge in [-0.25, -0.2) is 0 Å². The lowest BCUT2D eigenvalue weighted by molar-refractivity contribution is -0.164. The van der Waals surface area contributed by atoms with Crippen molar-refractivity contribution in [2.75, 3.05) is 32.1 Å². The molecule has 0 aliphatic carbocycles. The van der Waals surface area contributed by atoms with Gasteiger partial charge in [0.05, 0.1) is 6.07 Å². The van der Waals surface area contributed by atoms with E-state index in [2.05, 4.69) is 0 Å². The first-order chi connectivity index (χ1) is 19.2. The molecule has 0 aliphatic rings. The zero-order valence-electron chi connectivity index (χ0n) is 27.5. The molecular formula is C29H48ClN3O10. The van der Waals surface area contributed by atoms with E-state index in [1.54, 1.807) is 89.2 Å². The third-order valence-corrected chi connectivity index (χ3v) is 4.24. The number of carbonyl (C=O) groups excluding carboxylic acids is 6. The average Bonchev–Trinajstić information content (AvgIpc) is 2.73.